The molecule has 0 heterocycles. The first-order valence-corrected chi connectivity index (χ1v) is 11.3. The van der Waals surface area contributed by atoms with Crippen LogP contribution in [0.5, 0.6) is 0 Å². The van der Waals surface area contributed by atoms with Crippen molar-refractivity contribution >= 4 is 29.4 Å². The Morgan fingerprint density at radius 3 is 2.39 bits per heavy atom. The fraction of sp³-hybridized carbons (Fsp3) is 0.346. The number of carbonyl (C=O) groups excluding carboxylic acids is 2. The van der Waals surface area contributed by atoms with E-state index in [0.29, 0.717) is 29.7 Å². The quantitative estimate of drug-likeness (QED) is 0.288. The number of nitrogens with two attached hydrogens (primary N) is 1. The van der Waals surface area contributed by atoms with Gasteiger partial charge in [0.25, 0.3) is 0 Å². The summed E-state index contributed by atoms with van der Waals surface area (Å²) in [5, 5.41) is 2.66. The average Bonchev–Trinajstić information content (AvgIpc) is 3.62. The summed E-state index contributed by atoms with van der Waals surface area (Å²) in [6, 6.07) is 6.67. The van der Waals surface area contributed by atoms with Crippen molar-refractivity contribution in [2.45, 2.75) is 38.3 Å². The van der Waals surface area contributed by atoms with Gasteiger partial charge in [0, 0.05) is 35.8 Å². The lowest BCUT2D eigenvalue weighted by Gasteiger charge is -2.18. The number of esters is 1. The molecule has 1 fully saturated rings. The maximum Gasteiger partial charge on any atom is 0.416 e. The van der Waals surface area contributed by atoms with E-state index in [4.69, 9.17) is 10.5 Å². The number of aliphatic imine (C=N–C) groups is 1. The predicted octanol–water partition coefficient (Wildman–Crippen LogP) is 5.33. The normalized spacial score (nSPS) is 15.3. The molecule has 1 aliphatic carbocycles. The minimum atomic E-state index is -4.69. The SMILES string of the molecule is COC(=O)c1cc(NC(=O)C2(c3ccc(C(F)(F)F)cc3F)CC2)ccc1C(C=NCC(C)C)=CN. The van der Waals surface area contributed by atoms with Gasteiger partial charge in [0.05, 0.1) is 23.7 Å². The number of anilines is 1. The van der Waals surface area contributed by atoms with Crippen molar-refractivity contribution in [3.63, 3.8) is 0 Å². The fourth-order valence-corrected chi connectivity index (χ4v) is 3.79. The second-order valence-corrected chi connectivity index (χ2v) is 8.99. The molecule has 0 unspecified atom stereocenters. The molecule has 1 aliphatic rings. The Labute approximate surface area is 206 Å². The Morgan fingerprint density at radius 1 is 1.17 bits per heavy atom. The van der Waals surface area contributed by atoms with E-state index in [1.54, 1.807) is 18.3 Å². The van der Waals surface area contributed by atoms with Crippen molar-refractivity contribution in [3.8, 4) is 0 Å². The lowest BCUT2D eigenvalue weighted by atomic mass is 9.93. The molecule has 2 aromatic rings. The lowest BCUT2D eigenvalue weighted by molar-refractivity contribution is -0.137. The number of alkyl halides is 3. The van der Waals surface area contributed by atoms with Gasteiger partial charge in [0.1, 0.15) is 5.82 Å². The Kier molecular flexibility index (Phi) is 7.86. The zero-order valence-electron chi connectivity index (χ0n) is 20.1. The third-order valence-corrected chi connectivity index (χ3v) is 5.87. The van der Waals surface area contributed by atoms with E-state index in [-0.39, 0.29) is 29.7 Å². The highest BCUT2D eigenvalue weighted by molar-refractivity contribution is 6.14. The summed E-state index contributed by atoms with van der Waals surface area (Å²) < 4.78 is 58.2. The van der Waals surface area contributed by atoms with Crippen LogP contribution < -0.4 is 11.1 Å². The fourth-order valence-electron chi connectivity index (χ4n) is 3.79. The highest BCUT2D eigenvalue weighted by atomic mass is 19.4. The molecule has 1 amide bonds. The number of nitrogens with one attached hydrogen (secondary N) is 1. The molecular formula is C26H27F4N3O3. The lowest BCUT2D eigenvalue weighted by Crippen LogP contribution is -2.29. The zero-order chi connectivity index (χ0) is 26.7. The van der Waals surface area contributed by atoms with Crippen molar-refractivity contribution < 1.29 is 31.9 Å². The van der Waals surface area contributed by atoms with Gasteiger partial charge in [-0.1, -0.05) is 26.0 Å². The van der Waals surface area contributed by atoms with Gasteiger partial charge in [0.2, 0.25) is 5.91 Å². The topological polar surface area (TPSA) is 93.8 Å². The van der Waals surface area contributed by atoms with Gasteiger partial charge in [-0.15, -0.1) is 0 Å². The largest absolute Gasteiger partial charge is 0.465 e. The minimum Gasteiger partial charge on any atom is -0.465 e. The minimum absolute atomic E-state index is 0.104. The number of allylic oxidation sites excluding steroid dienone is 1. The molecule has 10 heteroatoms. The molecule has 0 radical (unpaired) electrons. The van der Waals surface area contributed by atoms with Crippen molar-refractivity contribution in [1.82, 2.24) is 0 Å². The summed E-state index contributed by atoms with van der Waals surface area (Å²) >= 11 is 0. The molecule has 0 saturated heterocycles. The van der Waals surface area contributed by atoms with E-state index in [1.807, 2.05) is 13.8 Å². The molecule has 0 aliphatic heterocycles. The number of benzene rings is 2. The maximum atomic E-state index is 14.6. The van der Waals surface area contributed by atoms with E-state index in [2.05, 4.69) is 10.3 Å². The maximum absolute atomic E-state index is 14.6. The average molecular weight is 506 g/mol. The van der Waals surface area contributed by atoms with Crippen LogP contribution in [0, 0.1) is 11.7 Å². The van der Waals surface area contributed by atoms with Crippen LogP contribution in [-0.2, 0) is 21.1 Å². The first-order valence-electron chi connectivity index (χ1n) is 11.3. The highest BCUT2D eigenvalue weighted by Gasteiger charge is 2.53. The summed E-state index contributed by atoms with van der Waals surface area (Å²) in [4.78, 5) is 29.9. The summed E-state index contributed by atoms with van der Waals surface area (Å²) in [5.41, 5.74) is 4.49. The summed E-state index contributed by atoms with van der Waals surface area (Å²) in [5.74, 6) is -2.03. The van der Waals surface area contributed by atoms with E-state index in [9.17, 15) is 27.2 Å². The van der Waals surface area contributed by atoms with Gasteiger partial charge < -0.3 is 15.8 Å². The summed E-state index contributed by atoms with van der Waals surface area (Å²) in [7, 11) is 1.21. The molecular weight excluding hydrogens is 478 g/mol. The molecule has 0 bridgehead atoms. The highest BCUT2D eigenvalue weighted by Crippen LogP contribution is 2.50. The Morgan fingerprint density at radius 2 is 1.86 bits per heavy atom. The van der Waals surface area contributed by atoms with E-state index in [0.717, 1.165) is 12.1 Å². The molecule has 2 aromatic carbocycles. The Bertz CT molecular complexity index is 1220. The number of halogens is 4. The van der Waals surface area contributed by atoms with Crippen LogP contribution in [0.2, 0.25) is 0 Å². The van der Waals surface area contributed by atoms with Crippen LogP contribution in [0.3, 0.4) is 0 Å². The number of amides is 1. The number of hydrogen-bond acceptors (Lipinski definition) is 5. The monoisotopic (exact) mass is 505 g/mol. The number of nitrogens with zero attached hydrogens (tertiary/aromatic N) is 1. The molecule has 1 saturated carbocycles. The van der Waals surface area contributed by atoms with Crippen LogP contribution in [0.4, 0.5) is 23.2 Å². The molecule has 192 valence electrons. The molecule has 36 heavy (non-hydrogen) atoms. The third kappa shape index (κ3) is 5.75. The number of ether oxygens (including phenoxy) is 1. The number of carbonyl (C=O) groups is 2. The summed E-state index contributed by atoms with van der Waals surface area (Å²) in [6.45, 7) is 4.56. The van der Waals surface area contributed by atoms with Crippen molar-refractivity contribution in [3.05, 3.63) is 70.7 Å². The first-order chi connectivity index (χ1) is 16.9. The van der Waals surface area contributed by atoms with Crippen molar-refractivity contribution in [2.24, 2.45) is 16.6 Å². The van der Waals surface area contributed by atoms with Crippen LogP contribution >= 0.6 is 0 Å². The van der Waals surface area contributed by atoms with Crippen molar-refractivity contribution in [2.75, 3.05) is 19.0 Å². The Balaban J connectivity index is 1.89. The zero-order valence-corrected chi connectivity index (χ0v) is 20.1. The van der Waals surface area contributed by atoms with Crippen LogP contribution in [0.1, 0.15) is 53.7 Å². The van der Waals surface area contributed by atoms with Gasteiger partial charge >= 0.3 is 12.1 Å². The predicted molar refractivity (Wildman–Crippen MR) is 129 cm³/mol. The second-order valence-electron chi connectivity index (χ2n) is 8.99. The number of rotatable bonds is 8. The third-order valence-electron chi connectivity index (χ3n) is 5.87. The van der Waals surface area contributed by atoms with E-state index >= 15 is 0 Å². The molecule has 0 atom stereocenters. The van der Waals surface area contributed by atoms with Crippen molar-refractivity contribution in [1.29, 1.82) is 0 Å². The molecule has 0 spiro atoms. The smallest absolute Gasteiger partial charge is 0.416 e. The molecule has 3 rings (SSSR count). The van der Waals surface area contributed by atoms with E-state index < -0.39 is 34.8 Å². The first kappa shape index (κ1) is 26.9. The second kappa shape index (κ2) is 10.5. The number of methoxy groups -OCH3 is 1. The number of hydrogen-bond donors (Lipinski definition) is 2. The summed E-state index contributed by atoms with van der Waals surface area (Å²) in [6.07, 6.45) is -1.30. The van der Waals surface area contributed by atoms with E-state index in [1.165, 1.54) is 19.4 Å². The molecule has 0 aromatic heterocycles. The Hall–Kier alpha value is -3.69. The van der Waals surface area contributed by atoms with Gasteiger partial charge in [-0.2, -0.15) is 13.2 Å². The van der Waals surface area contributed by atoms with Gasteiger partial charge in [-0.05, 0) is 48.6 Å². The van der Waals surface area contributed by atoms with Gasteiger partial charge in [0.15, 0.2) is 0 Å². The van der Waals surface area contributed by atoms with Crippen LogP contribution in [0.15, 0.2) is 47.6 Å². The van der Waals surface area contributed by atoms with Crippen LogP contribution in [0.25, 0.3) is 5.57 Å². The standard InChI is InChI=1S/C26H27F4N3O3/c1-15(2)13-32-14-16(12-31)19-6-5-18(11-20(19)23(34)36-3)33-24(35)25(8-9-25)21-7-4-17(10-22(21)27)26(28,29)30/h4-7,10-12,14-15H,8-9,13,31H2,1-3H3,(H,33,35). The van der Waals surface area contributed by atoms with Crippen LogP contribution in [-0.4, -0.2) is 31.7 Å². The molecule has 3 N–H and O–H groups in total. The van der Waals surface area contributed by atoms with Gasteiger partial charge in [-0.25, -0.2) is 9.18 Å². The molecule has 6 nitrogen and oxygen atoms in total. The van der Waals surface area contributed by atoms with Gasteiger partial charge in [-0.3, -0.25) is 9.79 Å².